The van der Waals surface area contributed by atoms with Gasteiger partial charge in [0.1, 0.15) is 11.6 Å². The van der Waals surface area contributed by atoms with Crippen LogP contribution in [0.25, 0.3) is 0 Å². The molecule has 1 amide bonds. The molecule has 3 rings (SSSR count). The molecule has 1 heterocycles. The highest BCUT2D eigenvalue weighted by Crippen LogP contribution is 2.41. The number of aryl methyl sites for hydroxylation is 1. The molecule has 0 aromatic heterocycles. The maximum Gasteiger partial charge on any atom is 0.387 e. The molecule has 0 radical (unpaired) electrons. The molecule has 0 saturated carbocycles. The molecule has 0 fully saturated rings. The van der Waals surface area contributed by atoms with Crippen molar-refractivity contribution in [2.24, 2.45) is 10.7 Å². The molecule has 1 aliphatic heterocycles. The van der Waals surface area contributed by atoms with Crippen molar-refractivity contribution >= 4 is 11.9 Å². The van der Waals surface area contributed by atoms with Crippen molar-refractivity contribution in [3.05, 3.63) is 64.5 Å². The summed E-state index contributed by atoms with van der Waals surface area (Å²) in [6.07, 6.45) is 0.382. The van der Waals surface area contributed by atoms with Gasteiger partial charge in [0.2, 0.25) is 0 Å². The van der Waals surface area contributed by atoms with Crippen molar-refractivity contribution in [3.63, 3.8) is 0 Å². The lowest BCUT2D eigenvalue weighted by molar-refractivity contribution is -0.129. The summed E-state index contributed by atoms with van der Waals surface area (Å²) in [7, 11) is 2.92. The smallest absolute Gasteiger partial charge is 0.387 e. The number of rotatable bonds is 7. The predicted octanol–water partition coefficient (Wildman–Crippen LogP) is 3.17. The third-order valence-electron chi connectivity index (χ3n) is 5.08. The molecular weight excluding hydrogens is 399 g/mol. The average Bonchev–Trinajstić information content (AvgIpc) is 2.94. The molecule has 0 bridgehead atoms. The van der Waals surface area contributed by atoms with Crippen LogP contribution in [0.4, 0.5) is 13.2 Å². The van der Waals surface area contributed by atoms with E-state index in [1.807, 2.05) is 0 Å². The fourth-order valence-corrected chi connectivity index (χ4v) is 3.54. The van der Waals surface area contributed by atoms with Gasteiger partial charge in [-0.2, -0.15) is 8.78 Å². The monoisotopic (exact) mass is 421 g/mol. The van der Waals surface area contributed by atoms with Gasteiger partial charge in [-0.15, -0.1) is 0 Å². The van der Waals surface area contributed by atoms with Crippen LogP contribution >= 0.6 is 0 Å². The van der Waals surface area contributed by atoms with Gasteiger partial charge >= 0.3 is 6.61 Å². The van der Waals surface area contributed by atoms with Gasteiger partial charge in [0, 0.05) is 19.7 Å². The van der Waals surface area contributed by atoms with E-state index < -0.39 is 23.9 Å². The molecule has 9 heteroatoms. The van der Waals surface area contributed by atoms with Crippen LogP contribution in [0.2, 0.25) is 0 Å². The van der Waals surface area contributed by atoms with E-state index in [2.05, 4.69) is 9.73 Å². The summed E-state index contributed by atoms with van der Waals surface area (Å²) in [5.74, 6) is -0.925. The van der Waals surface area contributed by atoms with Crippen LogP contribution in [0.1, 0.15) is 29.2 Å². The van der Waals surface area contributed by atoms with Crippen LogP contribution in [-0.4, -0.2) is 37.5 Å². The lowest BCUT2D eigenvalue weighted by Gasteiger charge is -2.27. The van der Waals surface area contributed by atoms with Gasteiger partial charge in [-0.3, -0.25) is 9.69 Å². The first-order valence-corrected chi connectivity index (χ1v) is 9.24. The van der Waals surface area contributed by atoms with E-state index in [1.165, 1.54) is 49.4 Å². The van der Waals surface area contributed by atoms with Gasteiger partial charge in [0.05, 0.1) is 6.61 Å². The van der Waals surface area contributed by atoms with Crippen molar-refractivity contribution in [1.82, 2.24) is 4.90 Å². The highest BCUT2D eigenvalue weighted by molar-refractivity contribution is 6.09. The van der Waals surface area contributed by atoms with Crippen molar-refractivity contribution in [2.75, 3.05) is 14.2 Å². The Morgan fingerprint density at radius 1 is 1.17 bits per heavy atom. The Kier molecular flexibility index (Phi) is 6.02. The number of methoxy groups -OCH3 is 1. The van der Waals surface area contributed by atoms with Gasteiger partial charge in [0.15, 0.2) is 11.5 Å². The minimum absolute atomic E-state index is 0.000353. The first kappa shape index (κ1) is 21.6. The number of alkyl halides is 2. The zero-order chi connectivity index (χ0) is 22.1. The van der Waals surface area contributed by atoms with Crippen molar-refractivity contribution in [3.8, 4) is 5.75 Å². The largest absolute Gasteiger partial charge is 0.435 e. The van der Waals surface area contributed by atoms with Gasteiger partial charge in [-0.25, -0.2) is 9.38 Å². The summed E-state index contributed by atoms with van der Waals surface area (Å²) in [6.45, 7) is -1.20. The fraction of sp³-hybridized carbons (Fsp3) is 0.333. The molecular formula is C21H22F3N3O3. The Bertz CT molecular complexity index is 997. The van der Waals surface area contributed by atoms with Crippen molar-refractivity contribution in [1.29, 1.82) is 0 Å². The SMILES string of the molecule is CCc1cc([C@@]2(c3ccc(F)c(COC)c3)N=C(N)N(C)C2=O)ccc1OC(F)F. The third kappa shape index (κ3) is 3.60. The topological polar surface area (TPSA) is 77.2 Å². The van der Waals surface area contributed by atoms with Gasteiger partial charge in [-0.1, -0.05) is 19.1 Å². The first-order valence-electron chi connectivity index (χ1n) is 9.24. The van der Waals surface area contributed by atoms with Crippen LogP contribution in [0.15, 0.2) is 41.4 Å². The number of hydrogen-bond acceptors (Lipinski definition) is 5. The lowest BCUT2D eigenvalue weighted by Crippen LogP contribution is -2.41. The van der Waals surface area contributed by atoms with Crippen LogP contribution in [0.5, 0.6) is 5.75 Å². The number of nitrogens with two attached hydrogens (primary N) is 1. The van der Waals surface area contributed by atoms with Gasteiger partial charge in [-0.05, 0) is 47.4 Å². The Hall–Kier alpha value is -3.07. The molecule has 0 saturated heterocycles. The van der Waals surface area contributed by atoms with Crippen molar-refractivity contribution < 1.29 is 27.4 Å². The van der Waals surface area contributed by atoms with Gasteiger partial charge in [0.25, 0.3) is 5.91 Å². The summed E-state index contributed by atoms with van der Waals surface area (Å²) >= 11 is 0. The van der Waals surface area contributed by atoms with E-state index in [9.17, 15) is 18.0 Å². The van der Waals surface area contributed by atoms with E-state index in [0.717, 1.165) is 0 Å². The predicted molar refractivity (Wildman–Crippen MR) is 105 cm³/mol. The van der Waals surface area contributed by atoms with E-state index >= 15 is 0 Å². The number of likely N-dealkylation sites (N-methyl/N-ethyl adjacent to an activating group) is 1. The Morgan fingerprint density at radius 3 is 2.33 bits per heavy atom. The summed E-state index contributed by atoms with van der Waals surface area (Å²) in [5.41, 5.74) is 5.88. The summed E-state index contributed by atoms with van der Waals surface area (Å²) in [5, 5.41) is 0. The third-order valence-corrected chi connectivity index (χ3v) is 5.08. The highest BCUT2D eigenvalue weighted by atomic mass is 19.3. The van der Waals surface area contributed by atoms with Crippen LogP contribution in [0, 0.1) is 5.82 Å². The number of aliphatic imine (C=N–C) groups is 1. The second kappa shape index (κ2) is 8.35. The number of amides is 1. The quantitative estimate of drug-likeness (QED) is 0.745. The van der Waals surface area contributed by atoms with E-state index in [1.54, 1.807) is 13.0 Å². The maximum atomic E-state index is 14.2. The zero-order valence-corrected chi connectivity index (χ0v) is 16.8. The van der Waals surface area contributed by atoms with Crippen molar-refractivity contribution in [2.45, 2.75) is 32.1 Å². The number of nitrogens with zero attached hydrogens (tertiary/aromatic N) is 2. The molecule has 1 aliphatic rings. The number of carbonyl (C=O) groups excluding carboxylic acids is 1. The molecule has 160 valence electrons. The fourth-order valence-electron chi connectivity index (χ4n) is 3.54. The van der Waals surface area contributed by atoms with Crippen LogP contribution < -0.4 is 10.5 Å². The second-order valence-electron chi connectivity index (χ2n) is 6.84. The molecule has 2 aromatic rings. The molecule has 0 spiro atoms. The molecule has 6 nitrogen and oxygen atoms in total. The molecule has 0 aliphatic carbocycles. The zero-order valence-electron chi connectivity index (χ0n) is 16.8. The molecule has 30 heavy (non-hydrogen) atoms. The summed E-state index contributed by atoms with van der Waals surface area (Å²) < 4.78 is 49.3. The highest BCUT2D eigenvalue weighted by Gasteiger charge is 2.50. The second-order valence-corrected chi connectivity index (χ2v) is 6.84. The molecule has 1 atom stereocenters. The van der Waals surface area contributed by atoms with Crippen LogP contribution in [-0.2, 0) is 28.1 Å². The number of ether oxygens (including phenoxy) is 2. The maximum absolute atomic E-state index is 14.2. The van der Waals surface area contributed by atoms with Crippen LogP contribution in [0.3, 0.4) is 0 Å². The first-order chi connectivity index (χ1) is 14.2. The molecule has 2 aromatic carbocycles. The standard InChI is InChI=1S/C21H22F3N3O3/c1-4-12-9-15(6-8-17(12)30-19(23)24)21(18(28)27(2)20(25)26-21)14-5-7-16(22)13(10-14)11-29-3/h5-10,19H,4,11H2,1-3H3,(H2,25,26)/t21-/m1/s1. The number of carbonyl (C=O) groups is 1. The van der Waals surface area contributed by atoms with E-state index in [0.29, 0.717) is 23.1 Å². The molecule has 2 N–H and O–H groups in total. The average molecular weight is 421 g/mol. The lowest BCUT2D eigenvalue weighted by atomic mass is 9.81. The number of benzene rings is 2. The summed E-state index contributed by atoms with van der Waals surface area (Å²) in [4.78, 5) is 19.0. The van der Waals surface area contributed by atoms with E-state index in [-0.39, 0.29) is 23.9 Å². The minimum atomic E-state index is -2.98. The minimum Gasteiger partial charge on any atom is -0.435 e. The molecule has 0 unspecified atom stereocenters. The normalized spacial score (nSPS) is 18.8. The number of hydrogen-bond donors (Lipinski definition) is 1. The number of guanidine groups is 1. The summed E-state index contributed by atoms with van der Waals surface area (Å²) in [6, 6.07) is 8.64. The number of halogens is 3. The Balaban J connectivity index is 2.24. The van der Waals surface area contributed by atoms with Gasteiger partial charge < -0.3 is 15.2 Å². The Morgan fingerprint density at radius 2 is 1.80 bits per heavy atom. The Labute approximate surface area is 172 Å². The van der Waals surface area contributed by atoms with E-state index in [4.69, 9.17) is 10.5 Å².